The molecule has 20 heavy (non-hydrogen) atoms. The highest BCUT2D eigenvalue weighted by Gasteiger charge is 2.35. The lowest BCUT2D eigenvalue weighted by molar-refractivity contribution is -0.122. The number of sulfonamides is 1. The van der Waals surface area contributed by atoms with Crippen LogP contribution in [0.4, 0.5) is 0 Å². The average Bonchev–Trinajstić information content (AvgIpc) is 2.79. The van der Waals surface area contributed by atoms with E-state index in [0.29, 0.717) is 18.4 Å². The summed E-state index contributed by atoms with van der Waals surface area (Å²) in [6.45, 7) is 3.61. The van der Waals surface area contributed by atoms with Gasteiger partial charge >= 0.3 is 0 Å². The van der Waals surface area contributed by atoms with Crippen LogP contribution in [0.1, 0.15) is 30.4 Å². The first-order valence-corrected chi connectivity index (χ1v) is 8.18. The van der Waals surface area contributed by atoms with E-state index in [1.165, 1.54) is 0 Å². The standard InChI is InChI=1S/C14H20N2O3S/c1-9-6-7-10(2)13(8-9)20(18,19)16-12-5-3-4-11(12)14(15)17/h6-8,11-12,16H,3-5H2,1-2H3,(H2,15,17)/t11-,12-/m1/s1. The van der Waals surface area contributed by atoms with Crippen LogP contribution in [0.2, 0.25) is 0 Å². The maximum absolute atomic E-state index is 12.5. The van der Waals surface area contributed by atoms with E-state index in [1.807, 2.05) is 13.0 Å². The molecule has 0 radical (unpaired) electrons. The Morgan fingerprint density at radius 2 is 2.00 bits per heavy atom. The molecule has 0 spiro atoms. The van der Waals surface area contributed by atoms with Crippen molar-refractivity contribution in [3.63, 3.8) is 0 Å². The maximum Gasteiger partial charge on any atom is 0.241 e. The second-order valence-electron chi connectivity index (χ2n) is 5.44. The molecule has 5 nitrogen and oxygen atoms in total. The molecular weight excluding hydrogens is 276 g/mol. The Labute approximate surface area is 119 Å². The zero-order chi connectivity index (χ0) is 14.9. The largest absolute Gasteiger partial charge is 0.369 e. The van der Waals surface area contributed by atoms with Crippen LogP contribution in [-0.4, -0.2) is 20.4 Å². The quantitative estimate of drug-likeness (QED) is 0.876. The van der Waals surface area contributed by atoms with Crippen LogP contribution >= 0.6 is 0 Å². The molecule has 2 atom stereocenters. The van der Waals surface area contributed by atoms with Gasteiger partial charge in [-0.1, -0.05) is 18.6 Å². The van der Waals surface area contributed by atoms with E-state index < -0.39 is 27.9 Å². The van der Waals surface area contributed by atoms with E-state index in [0.717, 1.165) is 12.0 Å². The van der Waals surface area contributed by atoms with Gasteiger partial charge in [-0.15, -0.1) is 0 Å². The zero-order valence-electron chi connectivity index (χ0n) is 11.7. The fourth-order valence-electron chi connectivity index (χ4n) is 2.70. The minimum Gasteiger partial charge on any atom is -0.369 e. The van der Waals surface area contributed by atoms with Gasteiger partial charge in [0.2, 0.25) is 15.9 Å². The first-order valence-electron chi connectivity index (χ1n) is 6.70. The fourth-order valence-corrected chi connectivity index (χ4v) is 4.34. The van der Waals surface area contributed by atoms with Crippen molar-refractivity contribution in [3.05, 3.63) is 29.3 Å². The summed E-state index contributed by atoms with van der Waals surface area (Å²) in [6.07, 6.45) is 2.11. The molecule has 0 saturated heterocycles. The van der Waals surface area contributed by atoms with E-state index >= 15 is 0 Å². The predicted octanol–water partition coefficient (Wildman–Crippen LogP) is 1.24. The Hall–Kier alpha value is -1.40. The molecular formula is C14H20N2O3S. The van der Waals surface area contributed by atoms with Gasteiger partial charge in [0, 0.05) is 6.04 Å². The molecule has 0 bridgehead atoms. The minimum atomic E-state index is -3.62. The SMILES string of the molecule is Cc1ccc(C)c(S(=O)(=O)N[C@@H]2CCC[C@H]2C(N)=O)c1. The highest BCUT2D eigenvalue weighted by Crippen LogP contribution is 2.27. The van der Waals surface area contributed by atoms with Crippen molar-refractivity contribution < 1.29 is 13.2 Å². The van der Waals surface area contributed by atoms with E-state index in [9.17, 15) is 13.2 Å². The van der Waals surface area contributed by atoms with Crippen molar-refractivity contribution in [2.75, 3.05) is 0 Å². The molecule has 3 N–H and O–H groups in total. The molecule has 0 aromatic heterocycles. The summed E-state index contributed by atoms with van der Waals surface area (Å²) >= 11 is 0. The molecule has 0 unspecified atom stereocenters. The zero-order valence-corrected chi connectivity index (χ0v) is 12.5. The van der Waals surface area contributed by atoms with Crippen LogP contribution in [0.15, 0.2) is 23.1 Å². The summed E-state index contributed by atoms with van der Waals surface area (Å²) in [7, 11) is -3.62. The lowest BCUT2D eigenvalue weighted by Crippen LogP contribution is -2.42. The Bertz CT molecular complexity index is 625. The van der Waals surface area contributed by atoms with Crippen molar-refractivity contribution in [3.8, 4) is 0 Å². The Kier molecular flexibility index (Phi) is 4.15. The number of primary amides is 1. The number of amides is 1. The van der Waals surface area contributed by atoms with E-state index in [1.54, 1.807) is 19.1 Å². The van der Waals surface area contributed by atoms with Crippen molar-refractivity contribution in [2.24, 2.45) is 11.7 Å². The van der Waals surface area contributed by atoms with Crippen molar-refractivity contribution in [1.29, 1.82) is 0 Å². The minimum absolute atomic E-state index is 0.271. The number of nitrogens with two attached hydrogens (primary N) is 1. The summed E-state index contributed by atoms with van der Waals surface area (Å²) in [4.78, 5) is 11.6. The van der Waals surface area contributed by atoms with Gasteiger partial charge in [0.05, 0.1) is 10.8 Å². The van der Waals surface area contributed by atoms with E-state index in [-0.39, 0.29) is 4.90 Å². The second-order valence-corrected chi connectivity index (χ2v) is 7.12. The first kappa shape index (κ1) is 15.0. The number of nitrogens with one attached hydrogen (secondary N) is 1. The molecule has 1 aromatic carbocycles. The van der Waals surface area contributed by atoms with Gasteiger partial charge in [0.1, 0.15) is 0 Å². The molecule has 1 aromatic rings. The number of carbonyl (C=O) groups excluding carboxylic acids is 1. The van der Waals surface area contributed by atoms with Crippen molar-refractivity contribution >= 4 is 15.9 Å². The van der Waals surface area contributed by atoms with Gasteiger partial charge in [-0.2, -0.15) is 0 Å². The summed E-state index contributed by atoms with van der Waals surface area (Å²) in [5, 5.41) is 0. The number of benzene rings is 1. The third-order valence-electron chi connectivity index (χ3n) is 3.82. The van der Waals surface area contributed by atoms with Gasteiger partial charge < -0.3 is 5.73 Å². The van der Waals surface area contributed by atoms with Gasteiger partial charge in [-0.25, -0.2) is 13.1 Å². The van der Waals surface area contributed by atoms with E-state index in [4.69, 9.17) is 5.73 Å². The molecule has 0 aliphatic heterocycles. The Balaban J connectivity index is 2.27. The van der Waals surface area contributed by atoms with Crippen LogP contribution in [0.3, 0.4) is 0 Å². The summed E-state index contributed by atoms with van der Waals surface area (Å²) in [5.41, 5.74) is 6.90. The molecule has 2 rings (SSSR count). The third kappa shape index (κ3) is 3.02. The van der Waals surface area contributed by atoms with Gasteiger partial charge in [-0.3, -0.25) is 4.79 Å². The monoisotopic (exact) mass is 296 g/mol. The second kappa shape index (κ2) is 5.54. The van der Waals surface area contributed by atoms with Gasteiger partial charge in [0.25, 0.3) is 0 Å². The molecule has 1 amide bonds. The summed E-state index contributed by atoms with van der Waals surface area (Å²) in [5.74, 6) is -0.842. The van der Waals surface area contributed by atoms with Gasteiger partial charge in [0.15, 0.2) is 0 Å². The van der Waals surface area contributed by atoms with E-state index in [2.05, 4.69) is 4.72 Å². The molecule has 0 heterocycles. The van der Waals surface area contributed by atoms with Gasteiger partial charge in [-0.05, 0) is 43.9 Å². The number of hydrogen-bond acceptors (Lipinski definition) is 3. The Morgan fingerprint density at radius 3 is 2.65 bits per heavy atom. The topological polar surface area (TPSA) is 89.3 Å². The normalized spacial score (nSPS) is 22.9. The smallest absolute Gasteiger partial charge is 0.241 e. The highest BCUT2D eigenvalue weighted by atomic mass is 32.2. The number of carbonyl (C=O) groups is 1. The maximum atomic E-state index is 12.5. The van der Waals surface area contributed by atoms with Crippen LogP contribution in [0.25, 0.3) is 0 Å². The fraction of sp³-hybridized carbons (Fsp3) is 0.500. The summed E-state index contributed by atoms with van der Waals surface area (Å²) < 4.78 is 27.6. The average molecular weight is 296 g/mol. The molecule has 6 heteroatoms. The lowest BCUT2D eigenvalue weighted by Gasteiger charge is -2.19. The highest BCUT2D eigenvalue weighted by molar-refractivity contribution is 7.89. The van der Waals surface area contributed by atoms with Crippen LogP contribution in [0.5, 0.6) is 0 Å². The molecule has 1 aliphatic carbocycles. The van der Waals surface area contributed by atoms with Crippen LogP contribution in [0, 0.1) is 19.8 Å². The molecule has 110 valence electrons. The number of aryl methyl sites for hydroxylation is 2. The van der Waals surface area contributed by atoms with Crippen LogP contribution in [-0.2, 0) is 14.8 Å². The Morgan fingerprint density at radius 1 is 1.30 bits per heavy atom. The molecule has 1 fully saturated rings. The molecule has 1 aliphatic rings. The van der Waals surface area contributed by atoms with Crippen molar-refractivity contribution in [1.82, 2.24) is 4.72 Å². The van der Waals surface area contributed by atoms with Crippen molar-refractivity contribution in [2.45, 2.75) is 44.0 Å². The first-order chi connectivity index (χ1) is 9.31. The summed E-state index contributed by atoms with van der Waals surface area (Å²) in [6, 6.07) is 4.91. The third-order valence-corrected chi connectivity index (χ3v) is 5.45. The molecule has 1 saturated carbocycles. The number of rotatable bonds is 4. The number of hydrogen-bond donors (Lipinski definition) is 2. The van der Waals surface area contributed by atoms with Crippen LogP contribution < -0.4 is 10.5 Å². The lowest BCUT2D eigenvalue weighted by atomic mass is 10.0. The predicted molar refractivity (Wildman–Crippen MR) is 76.6 cm³/mol.